The Labute approximate surface area is 164 Å². The predicted molar refractivity (Wildman–Crippen MR) is 105 cm³/mol. The summed E-state index contributed by atoms with van der Waals surface area (Å²) >= 11 is 0. The van der Waals surface area contributed by atoms with Crippen molar-refractivity contribution in [1.29, 1.82) is 0 Å². The monoisotopic (exact) mass is 379 g/mol. The van der Waals surface area contributed by atoms with Gasteiger partial charge in [-0.25, -0.2) is 0 Å². The summed E-state index contributed by atoms with van der Waals surface area (Å²) in [6, 6.07) is 11.1. The summed E-state index contributed by atoms with van der Waals surface area (Å²) in [7, 11) is 0. The van der Waals surface area contributed by atoms with Gasteiger partial charge in [-0.1, -0.05) is 0 Å². The molecule has 1 aliphatic heterocycles. The fourth-order valence-electron chi connectivity index (χ4n) is 3.48. The highest BCUT2D eigenvalue weighted by molar-refractivity contribution is 5.95. The number of ether oxygens (including phenoxy) is 1. The standard InChI is InChI=1S/C22H25N3O3/c26-21(24-19-5-6-19)17-3-7-20(8-4-17)28-15-16-2-1-13-25(14-16)22(27)18-9-11-23-12-10-18/h3-4,7-12,16,19H,1-2,5-6,13-15H2,(H,24,26). The van der Waals surface area contributed by atoms with Gasteiger partial charge in [-0.3, -0.25) is 14.6 Å². The van der Waals surface area contributed by atoms with E-state index in [1.54, 1.807) is 36.7 Å². The van der Waals surface area contributed by atoms with Crippen molar-refractivity contribution in [3.8, 4) is 5.75 Å². The van der Waals surface area contributed by atoms with Crippen LogP contribution in [0.15, 0.2) is 48.8 Å². The van der Waals surface area contributed by atoms with E-state index in [-0.39, 0.29) is 11.8 Å². The lowest BCUT2D eigenvalue weighted by atomic mass is 9.98. The first-order valence-electron chi connectivity index (χ1n) is 9.92. The molecule has 1 saturated carbocycles. The molecule has 1 aromatic heterocycles. The zero-order valence-electron chi connectivity index (χ0n) is 15.8. The number of hydrogen-bond donors (Lipinski definition) is 1. The molecule has 28 heavy (non-hydrogen) atoms. The van der Waals surface area contributed by atoms with Gasteiger partial charge in [0.1, 0.15) is 5.75 Å². The summed E-state index contributed by atoms with van der Waals surface area (Å²) in [4.78, 5) is 30.5. The Hall–Kier alpha value is -2.89. The highest BCUT2D eigenvalue weighted by Crippen LogP contribution is 2.22. The maximum Gasteiger partial charge on any atom is 0.253 e. The second-order valence-electron chi connectivity index (χ2n) is 7.58. The molecular weight excluding hydrogens is 354 g/mol. The average molecular weight is 379 g/mol. The molecule has 1 N–H and O–H groups in total. The van der Waals surface area contributed by atoms with E-state index in [0.29, 0.717) is 36.2 Å². The van der Waals surface area contributed by atoms with Crippen LogP contribution in [0.2, 0.25) is 0 Å². The molecule has 1 aliphatic carbocycles. The number of hydrogen-bond acceptors (Lipinski definition) is 4. The molecule has 0 radical (unpaired) electrons. The van der Waals surface area contributed by atoms with Crippen LogP contribution < -0.4 is 10.1 Å². The van der Waals surface area contributed by atoms with E-state index in [9.17, 15) is 9.59 Å². The molecule has 1 saturated heterocycles. The van der Waals surface area contributed by atoms with Gasteiger partial charge in [0, 0.05) is 48.6 Å². The average Bonchev–Trinajstić information content (AvgIpc) is 3.57. The van der Waals surface area contributed by atoms with Gasteiger partial charge in [-0.05, 0) is 62.1 Å². The Morgan fingerprint density at radius 1 is 1.04 bits per heavy atom. The smallest absolute Gasteiger partial charge is 0.253 e. The van der Waals surface area contributed by atoms with Crippen molar-refractivity contribution < 1.29 is 14.3 Å². The normalized spacial score (nSPS) is 19.1. The highest BCUT2D eigenvalue weighted by Gasteiger charge is 2.25. The van der Waals surface area contributed by atoms with E-state index in [4.69, 9.17) is 4.74 Å². The molecule has 1 unspecified atom stereocenters. The van der Waals surface area contributed by atoms with Crippen LogP contribution in [0.4, 0.5) is 0 Å². The van der Waals surface area contributed by atoms with Gasteiger partial charge in [0.2, 0.25) is 0 Å². The van der Waals surface area contributed by atoms with Crippen molar-refractivity contribution in [3.05, 3.63) is 59.9 Å². The van der Waals surface area contributed by atoms with E-state index < -0.39 is 0 Å². The maximum atomic E-state index is 12.6. The first kappa shape index (κ1) is 18.5. The highest BCUT2D eigenvalue weighted by atomic mass is 16.5. The third kappa shape index (κ3) is 4.68. The second kappa shape index (κ2) is 8.42. The van der Waals surface area contributed by atoms with Gasteiger partial charge in [-0.2, -0.15) is 0 Å². The van der Waals surface area contributed by atoms with Gasteiger partial charge in [0.25, 0.3) is 11.8 Å². The molecule has 1 aromatic carbocycles. The van der Waals surface area contributed by atoms with Crippen LogP contribution in [0, 0.1) is 5.92 Å². The third-order valence-electron chi connectivity index (χ3n) is 5.25. The Bertz CT molecular complexity index is 819. The van der Waals surface area contributed by atoms with Crippen LogP contribution >= 0.6 is 0 Å². The van der Waals surface area contributed by atoms with Crippen molar-refractivity contribution in [1.82, 2.24) is 15.2 Å². The summed E-state index contributed by atoms with van der Waals surface area (Å²) in [5.41, 5.74) is 1.34. The van der Waals surface area contributed by atoms with Crippen LogP contribution in [-0.4, -0.2) is 47.4 Å². The first-order chi connectivity index (χ1) is 13.7. The largest absolute Gasteiger partial charge is 0.493 e. The number of rotatable bonds is 6. The number of carbonyl (C=O) groups excluding carboxylic acids is 2. The fraction of sp³-hybridized carbons (Fsp3) is 0.409. The minimum absolute atomic E-state index is 0.0217. The van der Waals surface area contributed by atoms with Gasteiger partial charge in [-0.15, -0.1) is 0 Å². The van der Waals surface area contributed by atoms with E-state index in [0.717, 1.165) is 38.0 Å². The molecule has 2 heterocycles. The lowest BCUT2D eigenvalue weighted by molar-refractivity contribution is 0.0633. The number of likely N-dealkylation sites (tertiary alicyclic amines) is 1. The molecular formula is C22H25N3O3. The number of aromatic nitrogens is 1. The molecule has 2 aliphatic rings. The fourth-order valence-corrected chi connectivity index (χ4v) is 3.48. The molecule has 1 atom stereocenters. The zero-order valence-corrected chi connectivity index (χ0v) is 15.8. The SMILES string of the molecule is O=C(NC1CC1)c1ccc(OCC2CCCN(C(=O)c3ccncc3)C2)cc1. The zero-order chi connectivity index (χ0) is 19.3. The first-order valence-corrected chi connectivity index (χ1v) is 9.92. The lowest BCUT2D eigenvalue weighted by Gasteiger charge is -2.32. The van der Waals surface area contributed by atoms with Crippen LogP contribution in [0.3, 0.4) is 0 Å². The van der Waals surface area contributed by atoms with E-state index in [1.807, 2.05) is 17.0 Å². The lowest BCUT2D eigenvalue weighted by Crippen LogP contribution is -2.41. The number of nitrogens with one attached hydrogen (secondary N) is 1. The Morgan fingerprint density at radius 3 is 2.50 bits per heavy atom. The van der Waals surface area contributed by atoms with Crippen LogP contribution in [-0.2, 0) is 0 Å². The summed E-state index contributed by atoms with van der Waals surface area (Å²) in [6.07, 6.45) is 7.47. The molecule has 0 spiro atoms. The number of carbonyl (C=O) groups is 2. The summed E-state index contributed by atoms with van der Waals surface area (Å²) in [5.74, 6) is 1.09. The quantitative estimate of drug-likeness (QED) is 0.838. The number of piperidine rings is 1. The van der Waals surface area contributed by atoms with Crippen molar-refractivity contribution >= 4 is 11.8 Å². The number of benzene rings is 1. The molecule has 2 aromatic rings. The van der Waals surface area contributed by atoms with Gasteiger partial charge >= 0.3 is 0 Å². The number of pyridine rings is 1. The van der Waals surface area contributed by atoms with Crippen LogP contribution in [0.5, 0.6) is 5.75 Å². The van der Waals surface area contributed by atoms with Crippen molar-refractivity contribution in [2.24, 2.45) is 5.92 Å². The second-order valence-corrected chi connectivity index (χ2v) is 7.58. The minimum atomic E-state index is -0.0217. The molecule has 146 valence electrons. The van der Waals surface area contributed by atoms with E-state index >= 15 is 0 Å². The Kier molecular flexibility index (Phi) is 5.55. The van der Waals surface area contributed by atoms with Crippen molar-refractivity contribution in [2.45, 2.75) is 31.7 Å². The molecule has 6 nitrogen and oxygen atoms in total. The molecule has 0 bridgehead atoms. The van der Waals surface area contributed by atoms with Crippen LogP contribution in [0.1, 0.15) is 46.4 Å². The minimum Gasteiger partial charge on any atom is -0.493 e. The Morgan fingerprint density at radius 2 is 1.79 bits per heavy atom. The predicted octanol–water partition coefficient (Wildman–Crippen LogP) is 2.91. The topological polar surface area (TPSA) is 71.5 Å². The number of amides is 2. The van der Waals surface area contributed by atoms with Gasteiger partial charge in [0.15, 0.2) is 0 Å². The molecule has 4 rings (SSSR count). The number of nitrogens with zero attached hydrogens (tertiary/aromatic N) is 2. The Balaban J connectivity index is 1.28. The van der Waals surface area contributed by atoms with Crippen molar-refractivity contribution in [2.75, 3.05) is 19.7 Å². The van der Waals surface area contributed by atoms with E-state index in [2.05, 4.69) is 10.3 Å². The molecule has 2 amide bonds. The van der Waals surface area contributed by atoms with Crippen molar-refractivity contribution in [3.63, 3.8) is 0 Å². The summed E-state index contributed by atoms with van der Waals surface area (Å²) < 4.78 is 5.93. The van der Waals surface area contributed by atoms with Gasteiger partial charge < -0.3 is 15.0 Å². The molecule has 6 heteroatoms. The van der Waals surface area contributed by atoms with Gasteiger partial charge in [0.05, 0.1) is 6.61 Å². The maximum absolute atomic E-state index is 12.6. The third-order valence-corrected chi connectivity index (χ3v) is 5.25. The summed E-state index contributed by atoms with van der Waals surface area (Å²) in [6.45, 7) is 2.04. The van der Waals surface area contributed by atoms with E-state index in [1.165, 1.54) is 0 Å². The summed E-state index contributed by atoms with van der Waals surface area (Å²) in [5, 5.41) is 2.98. The molecule has 2 fully saturated rings. The van der Waals surface area contributed by atoms with Crippen LogP contribution in [0.25, 0.3) is 0 Å².